The third-order valence-electron chi connectivity index (χ3n) is 1.83. The molecule has 0 atom stereocenters. The van der Waals surface area contributed by atoms with Crippen LogP contribution in [0.25, 0.3) is 11.2 Å². The van der Waals surface area contributed by atoms with Crippen molar-refractivity contribution < 1.29 is 13.2 Å². The molecule has 0 bridgehead atoms. The second kappa shape index (κ2) is 2.70. The molecule has 1 N–H and O–H groups in total. The summed E-state index contributed by atoms with van der Waals surface area (Å²) < 4.78 is 37.5. The van der Waals surface area contributed by atoms with Crippen LogP contribution in [0.4, 0.5) is 13.2 Å². The molecular formula is C8H6F3N3. The Bertz CT molecular complexity index is 472. The third kappa shape index (κ3) is 1.32. The van der Waals surface area contributed by atoms with E-state index in [-0.39, 0.29) is 11.2 Å². The SMILES string of the molecule is Cc1cc(C(F)(F)F)c2[nH]cnc2n1. The van der Waals surface area contributed by atoms with Crippen molar-refractivity contribution >= 4 is 11.2 Å². The minimum atomic E-state index is -4.38. The lowest BCUT2D eigenvalue weighted by Crippen LogP contribution is -2.07. The van der Waals surface area contributed by atoms with Crippen LogP contribution >= 0.6 is 0 Å². The fourth-order valence-electron chi connectivity index (χ4n) is 1.27. The zero-order chi connectivity index (χ0) is 10.3. The van der Waals surface area contributed by atoms with Gasteiger partial charge in [-0.1, -0.05) is 0 Å². The molecule has 0 aliphatic rings. The summed E-state index contributed by atoms with van der Waals surface area (Å²) in [4.78, 5) is 9.98. The van der Waals surface area contributed by atoms with Gasteiger partial charge in [-0.2, -0.15) is 13.2 Å². The van der Waals surface area contributed by atoms with Gasteiger partial charge in [0.1, 0.15) is 0 Å². The summed E-state index contributed by atoms with van der Waals surface area (Å²) in [7, 11) is 0. The molecule has 2 heterocycles. The highest BCUT2D eigenvalue weighted by molar-refractivity contribution is 5.75. The summed E-state index contributed by atoms with van der Waals surface area (Å²) in [5.41, 5.74) is -0.394. The number of halogens is 3. The van der Waals surface area contributed by atoms with E-state index in [0.717, 1.165) is 6.07 Å². The molecule has 0 saturated heterocycles. The number of nitrogens with zero attached hydrogens (tertiary/aromatic N) is 2. The molecule has 0 amide bonds. The lowest BCUT2D eigenvalue weighted by molar-refractivity contribution is -0.136. The van der Waals surface area contributed by atoms with Gasteiger partial charge in [-0.3, -0.25) is 0 Å². The molecule has 0 saturated carbocycles. The van der Waals surface area contributed by atoms with Gasteiger partial charge in [0.25, 0.3) is 0 Å². The molecule has 0 radical (unpaired) electrons. The quantitative estimate of drug-likeness (QED) is 0.710. The number of aromatic nitrogens is 3. The number of aryl methyl sites for hydroxylation is 1. The zero-order valence-corrected chi connectivity index (χ0v) is 7.18. The molecule has 74 valence electrons. The zero-order valence-electron chi connectivity index (χ0n) is 7.18. The van der Waals surface area contributed by atoms with Crippen molar-refractivity contribution in [2.45, 2.75) is 13.1 Å². The molecule has 0 spiro atoms. The Morgan fingerprint density at radius 3 is 2.71 bits per heavy atom. The van der Waals surface area contributed by atoms with Crippen LogP contribution in [-0.2, 0) is 6.18 Å². The second-order valence-electron chi connectivity index (χ2n) is 2.91. The Morgan fingerprint density at radius 1 is 1.36 bits per heavy atom. The van der Waals surface area contributed by atoms with E-state index in [1.807, 2.05) is 0 Å². The topological polar surface area (TPSA) is 41.6 Å². The molecule has 0 aliphatic heterocycles. The van der Waals surface area contributed by atoms with Gasteiger partial charge >= 0.3 is 6.18 Å². The largest absolute Gasteiger partial charge is 0.418 e. The van der Waals surface area contributed by atoms with Gasteiger partial charge in [0, 0.05) is 5.69 Å². The molecule has 0 aliphatic carbocycles. The summed E-state index contributed by atoms with van der Waals surface area (Å²) in [6, 6.07) is 1.00. The van der Waals surface area contributed by atoms with Crippen LogP contribution in [0.1, 0.15) is 11.3 Å². The highest BCUT2D eigenvalue weighted by atomic mass is 19.4. The number of aromatic amines is 1. The number of rotatable bonds is 0. The van der Waals surface area contributed by atoms with Crippen molar-refractivity contribution in [3.8, 4) is 0 Å². The van der Waals surface area contributed by atoms with Crippen LogP contribution in [0, 0.1) is 6.92 Å². The number of H-pyrrole nitrogens is 1. The number of imidazole rings is 1. The molecule has 0 aromatic carbocycles. The normalized spacial score (nSPS) is 12.3. The number of hydrogen-bond donors (Lipinski definition) is 1. The van der Waals surface area contributed by atoms with E-state index in [0.29, 0.717) is 5.69 Å². The minimum Gasteiger partial charge on any atom is -0.343 e. The Morgan fingerprint density at radius 2 is 2.07 bits per heavy atom. The highest BCUT2D eigenvalue weighted by Crippen LogP contribution is 2.33. The van der Waals surface area contributed by atoms with Crippen LogP contribution in [-0.4, -0.2) is 15.0 Å². The first kappa shape index (κ1) is 8.98. The maximum Gasteiger partial charge on any atom is 0.418 e. The Labute approximate surface area is 77.0 Å². The maximum atomic E-state index is 12.5. The summed E-state index contributed by atoms with van der Waals surface area (Å²) in [5, 5.41) is 0. The molecule has 14 heavy (non-hydrogen) atoms. The Hall–Kier alpha value is -1.59. The Kier molecular flexibility index (Phi) is 1.73. The van der Waals surface area contributed by atoms with E-state index in [2.05, 4.69) is 15.0 Å². The van der Waals surface area contributed by atoms with Crippen molar-refractivity contribution in [3.63, 3.8) is 0 Å². The number of alkyl halides is 3. The van der Waals surface area contributed by atoms with E-state index >= 15 is 0 Å². The average molecular weight is 201 g/mol. The number of fused-ring (bicyclic) bond motifs is 1. The standard InChI is InChI=1S/C8H6F3N3/c1-4-2-5(8(9,10)11)6-7(14-4)13-3-12-6/h2-3H,1H3,(H,12,13,14). The van der Waals surface area contributed by atoms with Crippen molar-refractivity contribution in [1.29, 1.82) is 0 Å². The number of hydrogen-bond acceptors (Lipinski definition) is 2. The van der Waals surface area contributed by atoms with Crippen LogP contribution in [0.15, 0.2) is 12.4 Å². The molecule has 2 aromatic rings. The molecular weight excluding hydrogens is 195 g/mol. The predicted octanol–water partition coefficient (Wildman–Crippen LogP) is 2.29. The molecule has 0 fully saturated rings. The van der Waals surface area contributed by atoms with Crippen molar-refractivity contribution in [2.24, 2.45) is 0 Å². The van der Waals surface area contributed by atoms with Gasteiger partial charge in [0.15, 0.2) is 5.65 Å². The van der Waals surface area contributed by atoms with Crippen molar-refractivity contribution in [2.75, 3.05) is 0 Å². The van der Waals surface area contributed by atoms with Gasteiger partial charge in [0.2, 0.25) is 0 Å². The van der Waals surface area contributed by atoms with Crippen LogP contribution in [0.3, 0.4) is 0 Å². The number of pyridine rings is 1. The fourth-order valence-corrected chi connectivity index (χ4v) is 1.27. The monoisotopic (exact) mass is 201 g/mol. The summed E-state index contributed by atoms with van der Waals surface area (Å²) in [6.45, 7) is 1.50. The van der Waals surface area contributed by atoms with Gasteiger partial charge in [0.05, 0.1) is 17.4 Å². The first-order valence-corrected chi connectivity index (χ1v) is 3.86. The summed E-state index contributed by atoms with van der Waals surface area (Å²) in [6.07, 6.45) is -3.18. The molecule has 6 heteroatoms. The van der Waals surface area contributed by atoms with Gasteiger partial charge in [-0.05, 0) is 13.0 Å². The summed E-state index contributed by atoms with van der Waals surface area (Å²) >= 11 is 0. The van der Waals surface area contributed by atoms with E-state index in [1.54, 1.807) is 0 Å². The lowest BCUT2D eigenvalue weighted by atomic mass is 10.2. The molecule has 2 aromatic heterocycles. The van der Waals surface area contributed by atoms with E-state index in [1.165, 1.54) is 13.3 Å². The fraction of sp³-hybridized carbons (Fsp3) is 0.250. The average Bonchev–Trinajstić information content (AvgIpc) is 2.47. The van der Waals surface area contributed by atoms with Gasteiger partial charge in [-0.15, -0.1) is 0 Å². The van der Waals surface area contributed by atoms with E-state index < -0.39 is 11.7 Å². The highest BCUT2D eigenvalue weighted by Gasteiger charge is 2.33. The van der Waals surface area contributed by atoms with Crippen molar-refractivity contribution in [3.05, 3.63) is 23.7 Å². The summed E-state index contributed by atoms with van der Waals surface area (Å²) in [5.74, 6) is 0. The van der Waals surface area contributed by atoms with Gasteiger partial charge in [-0.25, -0.2) is 9.97 Å². The third-order valence-corrected chi connectivity index (χ3v) is 1.83. The first-order valence-electron chi connectivity index (χ1n) is 3.86. The molecule has 3 nitrogen and oxygen atoms in total. The van der Waals surface area contributed by atoms with Crippen LogP contribution < -0.4 is 0 Å². The minimum absolute atomic E-state index is 0.0666. The predicted molar refractivity (Wildman–Crippen MR) is 43.6 cm³/mol. The molecule has 0 unspecified atom stereocenters. The maximum absolute atomic E-state index is 12.5. The second-order valence-corrected chi connectivity index (χ2v) is 2.91. The van der Waals surface area contributed by atoms with Crippen LogP contribution in [0.2, 0.25) is 0 Å². The van der Waals surface area contributed by atoms with Gasteiger partial charge < -0.3 is 4.98 Å². The van der Waals surface area contributed by atoms with Crippen molar-refractivity contribution in [1.82, 2.24) is 15.0 Å². The first-order chi connectivity index (χ1) is 6.48. The lowest BCUT2D eigenvalue weighted by Gasteiger charge is -2.07. The smallest absolute Gasteiger partial charge is 0.343 e. The number of nitrogens with one attached hydrogen (secondary N) is 1. The van der Waals surface area contributed by atoms with Crippen LogP contribution in [0.5, 0.6) is 0 Å². The van der Waals surface area contributed by atoms with E-state index in [4.69, 9.17) is 0 Å². The Balaban J connectivity index is 2.80. The molecule has 2 rings (SSSR count). The van der Waals surface area contributed by atoms with E-state index in [9.17, 15) is 13.2 Å².